The number of rotatable bonds is 3. The molecule has 208 valence electrons. The number of carbonyl (C=O) groups is 2. The molecule has 8 bridgehead atoms. The summed E-state index contributed by atoms with van der Waals surface area (Å²) in [7, 11) is 1.32. The molecule has 5 heterocycles. The van der Waals surface area contributed by atoms with E-state index in [9.17, 15) is 9.59 Å². The van der Waals surface area contributed by atoms with Crippen molar-refractivity contribution in [2.24, 2.45) is 17.8 Å². The first-order valence-electron chi connectivity index (χ1n) is 14.1. The number of hydrogen-bond acceptors (Lipinski definition) is 3. The van der Waals surface area contributed by atoms with Crippen LogP contribution in [0.25, 0.3) is 29.1 Å². The van der Waals surface area contributed by atoms with E-state index in [0.29, 0.717) is 22.5 Å². The zero-order valence-corrected chi connectivity index (χ0v) is 26.5. The minimum atomic E-state index is -1.06. The topological polar surface area (TPSA) is 99.8 Å². The number of fused-ring (bicyclic) bond motifs is 7. The number of aromatic nitrogens is 3. The van der Waals surface area contributed by atoms with E-state index in [1.54, 1.807) is 0 Å². The number of methoxy groups -OCH3 is 1. The number of hydrogen-bond donors (Lipinski definition) is 0. The van der Waals surface area contributed by atoms with Crippen LogP contribution in [-0.4, -0.2) is 41.9 Å². The van der Waals surface area contributed by atoms with E-state index >= 15 is 0 Å². The Hall–Kier alpha value is -3.23. The van der Waals surface area contributed by atoms with Crippen LogP contribution in [0.4, 0.5) is 0 Å². The van der Waals surface area contributed by atoms with Crippen molar-refractivity contribution in [2.75, 3.05) is 7.11 Å². The zero-order chi connectivity index (χ0) is 28.6. The number of esters is 1. The fourth-order valence-corrected chi connectivity index (χ4v) is 6.60. The normalized spacial score (nSPS) is 25.4. The van der Waals surface area contributed by atoms with Gasteiger partial charge in [-0.3, -0.25) is 9.59 Å². The maximum absolute atomic E-state index is 13.8. The Morgan fingerprint density at radius 1 is 0.829 bits per heavy atom. The van der Waals surface area contributed by atoms with Crippen LogP contribution in [0.1, 0.15) is 88.6 Å². The molecule has 0 N–H and O–H groups in total. The Morgan fingerprint density at radius 3 is 2.15 bits per heavy atom. The van der Waals surface area contributed by atoms with Gasteiger partial charge in [0.1, 0.15) is 5.92 Å². The Balaban J connectivity index is 0.00000337. The molecule has 0 amide bonds. The summed E-state index contributed by atoms with van der Waals surface area (Å²) in [5, 5.41) is 6.83. The number of Topliss-reactive ketones (excluding diaryl/α,β-unsaturated/α-hetero) is 1. The summed E-state index contributed by atoms with van der Waals surface area (Å²) in [6.45, 7) is 14.6. The average molecular weight is 559 g/mol. The molecule has 3 aliphatic rings. The van der Waals surface area contributed by atoms with E-state index < -0.39 is 11.9 Å². The number of ketones is 1. The second kappa shape index (κ2) is 10.6. The largest absolute Gasteiger partial charge is 2.00 e. The van der Waals surface area contributed by atoms with Crippen molar-refractivity contribution in [3.05, 3.63) is 83.6 Å². The molecule has 0 aromatic carbocycles. The third kappa shape index (κ3) is 4.21. The molecule has 3 aromatic heterocycles. The summed E-state index contributed by atoms with van der Waals surface area (Å²) >= 11 is 0. The quantitative estimate of drug-likeness (QED) is 0.277. The van der Waals surface area contributed by atoms with Gasteiger partial charge in [-0.2, -0.15) is 11.4 Å². The molecular formula is C33H34MgN4O3-2. The minimum Gasteiger partial charge on any atom is -0.664 e. The van der Waals surface area contributed by atoms with E-state index in [1.807, 2.05) is 13.0 Å². The molecule has 2 aliphatic heterocycles. The van der Waals surface area contributed by atoms with E-state index in [4.69, 9.17) is 25.0 Å². The molecule has 8 heteroatoms. The van der Waals surface area contributed by atoms with Gasteiger partial charge in [0.05, 0.1) is 7.11 Å². The summed E-state index contributed by atoms with van der Waals surface area (Å²) < 4.78 is 5.12. The Bertz CT molecular complexity index is 1800. The summed E-state index contributed by atoms with van der Waals surface area (Å²) in [5.74, 6) is -1.87. The predicted octanol–water partition coefficient (Wildman–Crippen LogP) is 3.60. The Labute approximate surface area is 256 Å². The number of allylic oxidation sites excluding steroid dienone is 2. The van der Waals surface area contributed by atoms with Gasteiger partial charge in [0.2, 0.25) is 0 Å². The molecule has 0 spiro atoms. The second-order valence-electron chi connectivity index (χ2n) is 11.2. The van der Waals surface area contributed by atoms with Crippen LogP contribution in [-0.2, 0) is 22.4 Å². The summed E-state index contributed by atoms with van der Waals surface area (Å²) in [5.41, 5.74) is 11.1. The number of nitrogens with zero attached hydrogens (tertiary/aromatic N) is 4. The molecule has 1 aliphatic carbocycles. The molecule has 3 aromatic rings. The number of ether oxygens (including phenoxy) is 1. The van der Waals surface area contributed by atoms with Gasteiger partial charge in [0.15, 0.2) is 5.78 Å². The van der Waals surface area contributed by atoms with Gasteiger partial charge < -0.3 is 25.0 Å². The van der Waals surface area contributed by atoms with Crippen molar-refractivity contribution in [3.8, 4) is 0 Å². The third-order valence-corrected chi connectivity index (χ3v) is 9.20. The van der Waals surface area contributed by atoms with Gasteiger partial charge in [-0.05, 0) is 45.4 Å². The van der Waals surface area contributed by atoms with Crippen LogP contribution in [0.15, 0.2) is 11.4 Å². The van der Waals surface area contributed by atoms with Crippen LogP contribution in [0, 0.1) is 38.5 Å². The third-order valence-electron chi connectivity index (χ3n) is 9.20. The van der Waals surface area contributed by atoms with E-state index in [0.717, 1.165) is 68.6 Å². The number of carbonyl (C=O) groups excluding carboxylic acids is 2. The first-order chi connectivity index (χ1) is 19.1. The molecule has 7 nitrogen and oxygen atoms in total. The van der Waals surface area contributed by atoms with Crippen molar-refractivity contribution in [3.63, 3.8) is 0 Å². The molecule has 41 heavy (non-hydrogen) atoms. The van der Waals surface area contributed by atoms with E-state index in [2.05, 4.69) is 53.7 Å². The predicted molar refractivity (Wildman–Crippen MR) is 161 cm³/mol. The summed E-state index contributed by atoms with van der Waals surface area (Å²) in [4.78, 5) is 41.9. The SMILES string of the molecule is CCc1c2[n-]c(c1C)/C=C1\[N-]/C(=C3\c4[n-]c(c(C)c4C(=O)[C@@H]3C(=O)OC)/C=c3\[n-]/c(c(C)c3CC)=C\2)[C@@H](C)[C@@H]1C.[Mg+2]. The van der Waals surface area contributed by atoms with Crippen LogP contribution in [0.2, 0.25) is 0 Å². The Morgan fingerprint density at radius 2 is 1.49 bits per heavy atom. The smallest absolute Gasteiger partial charge is 0.664 e. The van der Waals surface area contributed by atoms with Gasteiger partial charge in [-0.25, -0.2) is 0 Å². The first-order valence-corrected chi connectivity index (χ1v) is 14.1. The molecule has 0 unspecified atom stereocenters. The van der Waals surface area contributed by atoms with Crippen LogP contribution < -0.4 is 25.7 Å². The molecule has 1 fully saturated rings. The summed E-state index contributed by atoms with van der Waals surface area (Å²) in [6.07, 6.45) is 7.81. The van der Waals surface area contributed by atoms with Gasteiger partial charge in [0.25, 0.3) is 0 Å². The van der Waals surface area contributed by atoms with E-state index in [-0.39, 0.29) is 40.7 Å². The van der Waals surface area contributed by atoms with Crippen LogP contribution >= 0.6 is 0 Å². The monoisotopic (exact) mass is 558 g/mol. The zero-order valence-electron chi connectivity index (χ0n) is 25.1. The van der Waals surface area contributed by atoms with Crippen molar-refractivity contribution >= 4 is 58.6 Å². The summed E-state index contributed by atoms with van der Waals surface area (Å²) in [6, 6.07) is 0. The minimum absolute atomic E-state index is 0. The van der Waals surface area contributed by atoms with Crippen molar-refractivity contribution in [1.29, 1.82) is 0 Å². The van der Waals surface area contributed by atoms with Crippen molar-refractivity contribution < 1.29 is 14.3 Å². The van der Waals surface area contributed by atoms with Crippen LogP contribution in [0.3, 0.4) is 0 Å². The van der Waals surface area contributed by atoms with Gasteiger partial charge >= 0.3 is 29.0 Å². The molecule has 3 atom stereocenters. The standard InChI is InChI=1S/C33H35N4O3.Mg/c1-9-19-16(5)22-11-21-14(3)15(4)30(36-21)28-29(33(39)40-8)32(38)27-18(7)24(37-31(27)28)13-26-20(10-2)17(6)23(35-26)12-25(19)34-22;/h11-15,29H,9-10H2,1-8H3,(H-,36,37,38);/q-3;+2/p-1/b21-11-,23-12-,26-13-;/t14-,15-,29+;/m0./s1. The average Bonchev–Trinajstić information content (AvgIpc) is 3.66. The molecule has 1 saturated heterocycles. The van der Waals surface area contributed by atoms with Gasteiger partial charge in [0, 0.05) is 5.56 Å². The second-order valence-corrected chi connectivity index (χ2v) is 11.2. The molecule has 0 radical (unpaired) electrons. The Kier molecular flexibility index (Phi) is 7.53. The van der Waals surface area contributed by atoms with E-state index in [1.165, 1.54) is 12.7 Å². The van der Waals surface area contributed by atoms with Gasteiger partial charge in [-0.15, -0.1) is 33.5 Å². The fourth-order valence-electron chi connectivity index (χ4n) is 6.60. The molecule has 6 rings (SSSR count). The van der Waals surface area contributed by atoms with Gasteiger partial charge in [-0.1, -0.05) is 79.3 Å². The van der Waals surface area contributed by atoms with Crippen molar-refractivity contribution in [2.45, 2.75) is 61.3 Å². The molecular weight excluding hydrogens is 525 g/mol. The first kappa shape index (κ1) is 29.3. The van der Waals surface area contributed by atoms with Crippen LogP contribution in [0.5, 0.6) is 0 Å². The maximum atomic E-state index is 13.8. The fraction of sp³-hybridized carbons (Fsp3) is 0.394. The van der Waals surface area contributed by atoms with Crippen molar-refractivity contribution in [1.82, 2.24) is 15.0 Å². The molecule has 0 saturated carbocycles. The maximum Gasteiger partial charge on any atom is 2.00 e.